The summed E-state index contributed by atoms with van der Waals surface area (Å²) in [5, 5.41) is 4.30. The maximum atomic E-state index is 5.68. The molecule has 2 aromatic rings. The molecule has 2 aliphatic heterocycles. The van der Waals surface area contributed by atoms with Gasteiger partial charge in [0.2, 0.25) is 0 Å². The lowest BCUT2D eigenvalue weighted by Gasteiger charge is -2.30. The van der Waals surface area contributed by atoms with Crippen molar-refractivity contribution >= 4 is 17.3 Å². The van der Waals surface area contributed by atoms with Gasteiger partial charge in [0.1, 0.15) is 0 Å². The first-order valence-electron chi connectivity index (χ1n) is 9.24. The normalized spacial score (nSPS) is 24.0. The summed E-state index contributed by atoms with van der Waals surface area (Å²) in [6, 6.07) is 10.4. The number of ether oxygens (including phenoxy) is 1. The number of morpholine rings is 1. The van der Waals surface area contributed by atoms with Crippen LogP contribution in [0.25, 0.3) is 0 Å². The van der Waals surface area contributed by atoms with E-state index in [1.54, 1.807) is 0 Å². The molecule has 2 atom stereocenters. The number of nitrogens with one attached hydrogen (secondary N) is 2. The van der Waals surface area contributed by atoms with Crippen LogP contribution in [0.4, 0.5) is 0 Å². The van der Waals surface area contributed by atoms with Gasteiger partial charge < -0.3 is 19.9 Å². The number of nitrogens with zero attached hydrogens (tertiary/aromatic N) is 3. The first kappa shape index (κ1) is 17.5. The molecular weight excluding hydrogens is 346 g/mol. The van der Waals surface area contributed by atoms with Crippen molar-refractivity contribution in [2.75, 3.05) is 39.4 Å². The van der Waals surface area contributed by atoms with Gasteiger partial charge >= 0.3 is 0 Å². The van der Waals surface area contributed by atoms with Crippen molar-refractivity contribution in [3.05, 3.63) is 54.1 Å². The van der Waals surface area contributed by atoms with E-state index in [0.29, 0.717) is 0 Å². The average Bonchev–Trinajstić information content (AvgIpc) is 3.32. The van der Waals surface area contributed by atoms with Gasteiger partial charge in [0, 0.05) is 44.3 Å². The Morgan fingerprint density at radius 1 is 1.15 bits per heavy atom. The molecule has 0 radical (unpaired) electrons. The highest BCUT2D eigenvalue weighted by Gasteiger charge is 2.39. The van der Waals surface area contributed by atoms with Crippen molar-refractivity contribution in [2.45, 2.75) is 18.5 Å². The third-order valence-corrected chi connectivity index (χ3v) is 5.47. The zero-order chi connectivity index (χ0) is 17.8. The Labute approximate surface area is 159 Å². The molecule has 2 aromatic heterocycles. The zero-order valence-corrected chi connectivity index (χ0v) is 15.6. The quantitative estimate of drug-likeness (QED) is 0.759. The second-order valence-corrected chi connectivity index (χ2v) is 7.14. The monoisotopic (exact) mass is 371 g/mol. The van der Waals surface area contributed by atoms with Gasteiger partial charge in [-0.3, -0.25) is 9.88 Å². The topological polar surface area (TPSA) is 56.4 Å². The maximum Gasteiger partial charge on any atom is 0.170 e. The molecule has 2 fully saturated rings. The second-order valence-electron chi connectivity index (χ2n) is 6.75. The van der Waals surface area contributed by atoms with E-state index in [1.807, 2.05) is 30.6 Å². The summed E-state index contributed by atoms with van der Waals surface area (Å²) < 4.78 is 5.43. The van der Waals surface area contributed by atoms with Crippen LogP contribution in [0.1, 0.15) is 29.9 Å². The Balaban J connectivity index is 1.48. The van der Waals surface area contributed by atoms with Crippen LogP contribution in [0, 0.1) is 0 Å². The summed E-state index contributed by atoms with van der Waals surface area (Å²) >= 11 is 5.68. The smallest absolute Gasteiger partial charge is 0.170 e. The molecule has 2 unspecified atom stereocenters. The average molecular weight is 372 g/mol. The van der Waals surface area contributed by atoms with E-state index in [-0.39, 0.29) is 12.1 Å². The van der Waals surface area contributed by atoms with Gasteiger partial charge in [0.15, 0.2) is 5.11 Å². The molecule has 0 bridgehead atoms. The largest absolute Gasteiger partial charge is 0.379 e. The van der Waals surface area contributed by atoms with Gasteiger partial charge in [0.05, 0.1) is 31.0 Å². The lowest BCUT2D eigenvalue weighted by atomic mass is 10.0. The molecule has 6 nitrogen and oxygen atoms in total. The van der Waals surface area contributed by atoms with E-state index >= 15 is 0 Å². The van der Waals surface area contributed by atoms with E-state index in [2.05, 4.69) is 37.2 Å². The Morgan fingerprint density at radius 3 is 2.77 bits per heavy atom. The molecule has 0 aromatic carbocycles. The number of aromatic amines is 1. The number of thiocarbonyl (C=S) groups is 1. The molecule has 138 valence electrons. The molecule has 0 aliphatic carbocycles. The van der Waals surface area contributed by atoms with Gasteiger partial charge in [0.25, 0.3) is 0 Å². The fourth-order valence-corrected chi connectivity index (χ4v) is 4.13. The number of hydrogen-bond acceptors (Lipinski definition) is 4. The minimum absolute atomic E-state index is 0.0609. The number of rotatable bonds is 6. The predicted octanol–water partition coefficient (Wildman–Crippen LogP) is 2.10. The Morgan fingerprint density at radius 2 is 2.04 bits per heavy atom. The van der Waals surface area contributed by atoms with Gasteiger partial charge in [-0.2, -0.15) is 0 Å². The highest BCUT2D eigenvalue weighted by molar-refractivity contribution is 7.80. The van der Waals surface area contributed by atoms with E-state index < -0.39 is 0 Å². The van der Waals surface area contributed by atoms with Crippen LogP contribution in [0.2, 0.25) is 0 Å². The SMILES string of the molecule is S=C1NC(c2ccccn2)C(c2ccc[nH]2)N1CCCN1CCOCC1. The van der Waals surface area contributed by atoms with E-state index in [9.17, 15) is 0 Å². The van der Waals surface area contributed by atoms with Crippen LogP contribution in [-0.2, 0) is 4.74 Å². The third-order valence-electron chi connectivity index (χ3n) is 5.12. The molecule has 4 heterocycles. The Kier molecular flexibility index (Phi) is 5.48. The minimum Gasteiger partial charge on any atom is -0.379 e. The first-order chi connectivity index (χ1) is 12.8. The molecular formula is C19H25N5OS. The van der Waals surface area contributed by atoms with Crippen LogP contribution in [0.5, 0.6) is 0 Å². The van der Waals surface area contributed by atoms with Crippen molar-refractivity contribution in [1.29, 1.82) is 0 Å². The zero-order valence-electron chi connectivity index (χ0n) is 14.8. The third kappa shape index (κ3) is 3.75. The van der Waals surface area contributed by atoms with E-state index in [0.717, 1.165) is 56.6 Å². The Hall–Kier alpha value is -1.96. The van der Waals surface area contributed by atoms with Crippen LogP contribution in [-0.4, -0.2) is 64.3 Å². The maximum absolute atomic E-state index is 5.68. The summed E-state index contributed by atoms with van der Waals surface area (Å²) in [6.07, 6.45) is 4.89. The molecule has 2 saturated heterocycles. The van der Waals surface area contributed by atoms with Crippen LogP contribution in [0.3, 0.4) is 0 Å². The lowest BCUT2D eigenvalue weighted by Crippen LogP contribution is -2.39. The van der Waals surface area contributed by atoms with Crippen LogP contribution in [0.15, 0.2) is 42.7 Å². The van der Waals surface area contributed by atoms with Crippen LogP contribution < -0.4 is 5.32 Å². The molecule has 2 N–H and O–H groups in total. The summed E-state index contributed by atoms with van der Waals surface area (Å²) in [4.78, 5) is 12.7. The first-order valence-corrected chi connectivity index (χ1v) is 9.65. The summed E-state index contributed by atoms with van der Waals surface area (Å²) in [5.74, 6) is 0. The number of aromatic nitrogens is 2. The number of hydrogen-bond donors (Lipinski definition) is 2. The Bertz CT molecular complexity index is 702. The van der Waals surface area contributed by atoms with Crippen molar-refractivity contribution in [1.82, 2.24) is 25.1 Å². The summed E-state index contributed by atoms with van der Waals surface area (Å²) in [7, 11) is 0. The van der Waals surface area contributed by atoms with E-state index in [4.69, 9.17) is 17.0 Å². The van der Waals surface area contributed by atoms with Crippen molar-refractivity contribution in [2.24, 2.45) is 0 Å². The molecule has 4 rings (SSSR count). The minimum atomic E-state index is 0.0609. The summed E-state index contributed by atoms with van der Waals surface area (Å²) in [5.41, 5.74) is 2.18. The molecule has 0 saturated carbocycles. The highest BCUT2D eigenvalue weighted by atomic mass is 32.1. The van der Waals surface area contributed by atoms with Gasteiger partial charge in [-0.05, 0) is 42.9 Å². The van der Waals surface area contributed by atoms with Crippen LogP contribution >= 0.6 is 12.2 Å². The molecule has 26 heavy (non-hydrogen) atoms. The van der Waals surface area contributed by atoms with Gasteiger partial charge in [-0.15, -0.1) is 0 Å². The fourth-order valence-electron chi connectivity index (χ4n) is 3.80. The summed E-state index contributed by atoms with van der Waals surface area (Å²) in [6.45, 7) is 5.75. The number of H-pyrrole nitrogens is 1. The fraction of sp³-hybridized carbons (Fsp3) is 0.474. The molecule has 7 heteroatoms. The molecule has 0 amide bonds. The predicted molar refractivity (Wildman–Crippen MR) is 105 cm³/mol. The second kappa shape index (κ2) is 8.16. The van der Waals surface area contributed by atoms with Crippen molar-refractivity contribution in [3.8, 4) is 0 Å². The van der Waals surface area contributed by atoms with Gasteiger partial charge in [-0.1, -0.05) is 6.07 Å². The van der Waals surface area contributed by atoms with Crippen molar-refractivity contribution < 1.29 is 4.74 Å². The lowest BCUT2D eigenvalue weighted by molar-refractivity contribution is 0.0365. The van der Waals surface area contributed by atoms with E-state index in [1.165, 1.54) is 5.69 Å². The van der Waals surface area contributed by atoms with Gasteiger partial charge in [-0.25, -0.2) is 0 Å². The highest BCUT2D eigenvalue weighted by Crippen LogP contribution is 2.37. The van der Waals surface area contributed by atoms with Crippen molar-refractivity contribution in [3.63, 3.8) is 0 Å². The molecule has 0 spiro atoms. The standard InChI is InChI=1S/C19H25N5OS/c26-19-22-17(15-5-1-2-7-20-15)18(16-6-3-8-21-16)24(19)10-4-9-23-11-13-25-14-12-23/h1-3,5-8,17-18,21H,4,9-14H2,(H,22,26). The molecule has 2 aliphatic rings. The number of pyridine rings is 1.